The monoisotopic (exact) mass is 296 g/mol. The predicted octanol–water partition coefficient (Wildman–Crippen LogP) is 1.33. The first-order valence-electron chi connectivity index (χ1n) is 5.28. The van der Waals surface area contributed by atoms with Crippen LogP contribution in [0, 0.1) is 0 Å². The molecule has 1 N–H and O–H groups in total. The molecule has 0 spiro atoms. The SMILES string of the molecule is O=c1[nH]c([C@H]2CCCO2)nc2nc(Br)cnc12. The number of nitrogens with zero attached hydrogens (tertiary/aromatic N) is 3. The molecule has 7 heteroatoms. The molecule has 3 rings (SSSR count). The Labute approximate surface area is 105 Å². The highest BCUT2D eigenvalue weighted by molar-refractivity contribution is 9.10. The van der Waals surface area contributed by atoms with Gasteiger partial charge in [-0.25, -0.2) is 15.0 Å². The third-order valence-electron chi connectivity index (χ3n) is 2.64. The molecular weight excluding hydrogens is 288 g/mol. The molecule has 2 aromatic heterocycles. The van der Waals surface area contributed by atoms with Crippen molar-refractivity contribution >= 4 is 27.1 Å². The van der Waals surface area contributed by atoms with Gasteiger partial charge in [0, 0.05) is 6.61 Å². The van der Waals surface area contributed by atoms with E-state index in [1.54, 1.807) is 0 Å². The van der Waals surface area contributed by atoms with Crippen LogP contribution in [0.15, 0.2) is 15.6 Å². The molecule has 1 atom stereocenters. The minimum Gasteiger partial charge on any atom is -0.370 e. The number of fused-ring (bicyclic) bond motifs is 1. The van der Waals surface area contributed by atoms with Gasteiger partial charge in [-0.1, -0.05) is 0 Å². The fourth-order valence-electron chi connectivity index (χ4n) is 1.86. The smallest absolute Gasteiger partial charge is 0.279 e. The van der Waals surface area contributed by atoms with Crippen molar-refractivity contribution in [2.75, 3.05) is 6.61 Å². The number of aromatic amines is 1. The van der Waals surface area contributed by atoms with Crippen molar-refractivity contribution in [3.05, 3.63) is 27.0 Å². The zero-order chi connectivity index (χ0) is 11.8. The number of aromatic nitrogens is 4. The number of halogens is 1. The summed E-state index contributed by atoms with van der Waals surface area (Å²) in [5.74, 6) is 0.535. The summed E-state index contributed by atoms with van der Waals surface area (Å²) in [4.78, 5) is 26.9. The zero-order valence-corrected chi connectivity index (χ0v) is 10.4. The number of rotatable bonds is 1. The van der Waals surface area contributed by atoms with Gasteiger partial charge >= 0.3 is 0 Å². The summed E-state index contributed by atoms with van der Waals surface area (Å²) in [7, 11) is 0. The molecule has 0 radical (unpaired) electrons. The standard InChI is InChI=1S/C10H9BrN4O2/c11-6-4-12-7-9(13-6)14-8(15-10(7)16)5-2-1-3-17-5/h4-5H,1-3H2,(H,13,14,15,16)/t5-/m1/s1. The van der Waals surface area contributed by atoms with Gasteiger partial charge < -0.3 is 9.72 Å². The minimum absolute atomic E-state index is 0.132. The molecule has 6 nitrogen and oxygen atoms in total. The second-order valence-corrected chi connectivity index (χ2v) is 4.63. The van der Waals surface area contributed by atoms with Crippen LogP contribution < -0.4 is 5.56 Å². The highest BCUT2D eigenvalue weighted by Crippen LogP contribution is 2.25. The topological polar surface area (TPSA) is 80.8 Å². The molecule has 1 saturated heterocycles. The number of hydrogen-bond acceptors (Lipinski definition) is 5. The van der Waals surface area contributed by atoms with Crippen LogP contribution in [0.4, 0.5) is 0 Å². The molecule has 0 bridgehead atoms. The van der Waals surface area contributed by atoms with Gasteiger partial charge in [0.15, 0.2) is 11.2 Å². The van der Waals surface area contributed by atoms with Gasteiger partial charge in [0.2, 0.25) is 0 Å². The molecule has 0 aliphatic carbocycles. The lowest BCUT2D eigenvalue weighted by atomic mass is 10.2. The molecule has 0 amide bonds. The van der Waals surface area contributed by atoms with Crippen LogP contribution in [0.5, 0.6) is 0 Å². The fraction of sp³-hybridized carbons (Fsp3) is 0.400. The van der Waals surface area contributed by atoms with Crippen LogP contribution in [-0.4, -0.2) is 26.5 Å². The number of H-pyrrole nitrogens is 1. The Morgan fingerprint density at radius 3 is 3.12 bits per heavy atom. The van der Waals surface area contributed by atoms with Gasteiger partial charge in [0.05, 0.1) is 6.20 Å². The van der Waals surface area contributed by atoms with Crippen LogP contribution in [0.2, 0.25) is 0 Å². The normalized spacial score (nSPS) is 19.9. The van der Waals surface area contributed by atoms with Crippen LogP contribution in [-0.2, 0) is 4.74 Å². The second-order valence-electron chi connectivity index (χ2n) is 3.82. The number of hydrogen-bond donors (Lipinski definition) is 1. The summed E-state index contributed by atoms with van der Waals surface area (Å²) < 4.78 is 6.04. The Kier molecular flexibility index (Phi) is 2.64. The van der Waals surface area contributed by atoms with E-state index in [4.69, 9.17) is 4.74 Å². The summed E-state index contributed by atoms with van der Waals surface area (Å²) in [6, 6.07) is 0. The molecule has 3 heterocycles. The average Bonchev–Trinajstić information content (AvgIpc) is 2.81. The van der Waals surface area contributed by atoms with Crippen LogP contribution in [0.3, 0.4) is 0 Å². The summed E-state index contributed by atoms with van der Waals surface area (Å²) >= 11 is 3.21. The van der Waals surface area contributed by atoms with Crippen molar-refractivity contribution in [3.8, 4) is 0 Å². The Morgan fingerprint density at radius 1 is 1.47 bits per heavy atom. The lowest BCUT2D eigenvalue weighted by Crippen LogP contribution is -2.16. The molecule has 0 aromatic carbocycles. The van der Waals surface area contributed by atoms with E-state index < -0.39 is 0 Å². The molecule has 0 saturated carbocycles. The van der Waals surface area contributed by atoms with Crippen molar-refractivity contribution in [2.45, 2.75) is 18.9 Å². The van der Waals surface area contributed by atoms with Gasteiger partial charge in [-0.2, -0.15) is 0 Å². The minimum atomic E-state index is -0.277. The molecular formula is C10H9BrN4O2. The van der Waals surface area contributed by atoms with E-state index in [1.165, 1.54) is 6.20 Å². The van der Waals surface area contributed by atoms with Gasteiger partial charge in [-0.05, 0) is 28.8 Å². The lowest BCUT2D eigenvalue weighted by molar-refractivity contribution is 0.105. The number of nitrogens with one attached hydrogen (secondary N) is 1. The van der Waals surface area contributed by atoms with E-state index in [0.717, 1.165) is 12.8 Å². The predicted molar refractivity (Wildman–Crippen MR) is 63.6 cm³/mol. The third-order valence-corrected chi connectivity index (χ3v) is 3.02. The first-order chi connectivity index (χ1) is 8.24. The summed E-state index contributed by atoms with van der Waals surface area (Å²) in [5.41, 5.74) is 0.309. The maximum Gasteiger partial charge on any atom is 0.279 e. The second kappa shape index (κ2) is 4.15. The molecule has 1 aliphatic rings. The number of ether oxygens (including phenoxy) is 1. The maximum absolute atomic E-state index is 11.8. The summed E-state index contributed by atoms with van der Waals surface area (Å²) in [6.07, 6.45) is 3.20. The van der Waals surface area contributed by atoms with Crippen molar-refractivity contribution in [1.82, 2.24) is 19.9 Å². The van der Waals surface area contributed by atoms with Gasteiger partial charge in [-0.15, -0.1) is 0 Å². The molecule has 1 fully saturated rings. The van der Waals surface area contributed by atoms with Crippen molar-refractivity contribution in [2.24, 2.45) is 0 Å². The van der Waals surface area contributed by atoms with E-state index in [1.807, 2.05) is 0 Å². The molecule has 1 aliphatic heterocycles. The molecule has 17 heavy (non-hydrogen) atoms. The summed E-state index contributed by atoms with van der Waals surface area (Å²) in [6.45, 7) is 0.705. The maximum atomic E-state index is 11.8. The summed E-state index contributed by atoms with van der Waals surface area (Å²) in [5, 5.41) is 0. The van der Waals surface area contributed by atoms with Crippen LogP contribution in [0.1, 0.15) is 24.8 Å². The fourth-order valence-corrected chi connectivity index (χ4v) is 2.13. The van der Waals surface area contributed by atoms with E-state index in [0.29, 0.717) is 22.7 Å². The van der Waals surface area contributed by atoms with E-state index in [9.17, 15) is 4.79 Å². The van der Waals surface area contributed by atoms with Crippen LogP contribution in [0.25, 0.3) is 11.2 Å². The first-order valence-corrected chi connectivity index (χ1v) is 6.07. The highest BCUT2D eigenvalue weighted by atomic mass is 79.9. The average molecular weight is 297 g/mol. The quantitative estimate of drug-likeness (QED) is 0.858. The largest absolute Gasteiger partial charge is 0.370 e. The Bertz CT molecular complexity index is 621. The Hall–Kier alpha value is -1.34. The van der Waals surface area contributed by atoms with E-state index in [-0.39, 0.29) is 17.2 Å². The Morgan fingerprint density at radius 2 is 2.35 bits per heavy atom. The molecule has 88 valence electrons. The third kappa shape index (κ3) is 1.96. The van der Waals surface area contributed by atoms with E-state index >= 15 is 0 Å². The Balaban J connectivity index is 2.18. The van der Waals surface area contributed by atoms with Crippen molar-refractivity contribution in [1.29, 1.82) is 0 Å². The zero-order valence-electron chi connectivity index (χ0n) is 8.81. The van der Waals surface area contributed by atoms with Gasteiger partial charge in [-0.3, -0.25) is 4.79 Å². The van der Waals surface area contributed by atoms with Gasteiger partial charge in [0.1, 0.15) is 16.5 Å². The van der Waals surface area contributed by atoms with E-state index in [2.05, 4.69) is 35.9 Å². The van der Waals surface area contributed by atoms with Crippen LogP contribution >= 0.6 is 15.9 Å². The molecule has 0 unspecified atom stereocenters. The first kappa shape index (κ1) is 10.8. The van der Waals surface area contributed by atoms with Gasteiger partial charge in [0.25, 0.3) is 5.56 Å². The van der Waals surface area contributed by atoms with Crippen molar-refractivity contribution in [3.63, 3.8) is 0 Å². The molecule has 2 aromatic rings. The lowest BCUT2D eigenvalue weighted by Gasteiger charge is -2.08. The van der Waals surface area contributed by atoms with Crippen molar-refractivity contribution < 1.29 is 4.74 Å². The highest BCUT2D eigenvalue weighted by Gasteiger charge is 2.21.